The molecule has 0 aromatic carbocycles. The third-order valence-corrected chi connectivity index (χ3v) is 2.86. The van der Waals surface area contributed by atoms with Crippen LogP contribution in [-0.4, -0.2) is 15.9 Å². The molecule has 10 heavy (non-hydrogen) atoms. The number of aliphatic hydroxyl groups is 1. The van der Waals surface area contributed by atoms with Gasteiger partial charge >= 0.3 is 0 Å². The molecule has 1 heterocycles. The number of rotatable bonds is 2. The molecule has 0 unspecified atom stereocenters. The van der Waals surface area contributed by atoms with Crippen LogP contribution in [0.15, 0.2) is 21.5 Å². The number of aliphatic hydroxyl groups excluding tert-OH is 1. The first kappa shape index (κ1) is 7.94. The van der Waals surface area contributed by atoms with Crippen molar-refractivity contribution < 1.29 is 9.84 Å². The highest BCUT2D eigenvalue weighted by atomic mass is 127. The number of ether oxygens (including phenoxy) is 1. The fourth-order valence-corrected chi connectivity index (χ4v) is 2.56. The standard InChI is InChI=1S/C7H9IO2/c1-6-2-3-8-4-7(6)10-5-9/h2-4,9H,5H2,1H3. The maximum absolute atomic E-state index is 8.45. The van der Waals surface area contributed by atoms with Gasteiger partial charge in [-0.25, -0.2) is 0 Å². The van der Waals surface area contributed by atoms with Crippen molar-refractivity contribution in [3.63, 3.8) is 0 Å². The number of halogens is 1. The van der Waals surface area contributed by atoms with Gasteiger partial charge in [0.2, 0.25) is 0 Å². The number of allylic oxidation sites excluding steroid dienone is 3. The molecule has 0 aliphatic carbocycles. The molecule has 56 valence electrons. The van der Waals surface area contributed by atoms with E-state index in [4.69, 9.17) is 9.84 Å². The Kier molecular flexibility index (Phi) is 3.08. The summed E-state index contributed by atoms with van der Waals surface area (Å²) < 4.78 is 9.18. The van der Waals surface area contributed by atoms with Crippen LogP contribution in [0.1, 0.15) is 6.92 Å². The lowest BCUT2D eigenvalue weighted by molar-refractivity contribution is 0.0513. The van der Waals surface area contributed by atoms with Crippen molar-refractivity contribution in [1.29, 1.82) is 0 Å². The van der Waals surface area contributed by atoms with Gasteiger partial charge < -0.3 is 9.84 Å². The van der Waals surface area contributed by atoms with E-state index in [0.29, 0.717) is 0 Å². The molecule has 1 aliphatic heterocycles. The van der Waals surface area contributed by atoms with Crippen LogP contribution >= 0.6 is 20.7 Å². The SMILES string of the molecule is CC1=C(OCO)C=IC=C1. The molecular formula is C7H9IO2. The highest BCUT2D eigenvalue weighted by molar-refractivity contribution is 14.2. The minimum Gasteiger partial charge on any atom is -0.467 e. The lowest BCUT2D eigenvalue weighted by Crippen LogP contribution is -1.97. The first-order valence-electron chi connectivity index (χ1n) is 2.91. The quantitative estimate of drug-likeness (QED) is 0.596. The van der Waals surface area contributed by atoms with E-state index in [9.17, 15) is 0 Å². The molecule has 0 aromatic rings. The highest BCUT2D eigenvalue weighted by Gasteiger charge is 1.98. The van der Waals surface area contributed by atoms with Crippen molar-refractivity contribution in [3.8, 4) is 0 Å². The van der Waals surface area contributed by atoms with Crippen molar-refractivity contribution in [3.05, 3.63) is 21.5 Å². The van der Waals surface area contributed by atoms with E-state index in [1.165, 1.54) is 0 Å². The second kappa shape index (κ2) is 3.88. The van der Waals surface area contributed by atoms with E-state index in [1.54, 1.807) is 0 Å². The highest BCUT2D eigenvalue weighted by Crippen LogP contribution is 2.16. The lowest BCUT2D eigenvalue weighted by atomic mass is 10.3. The summed E-state index contributed by atoms with van der Waals surface area (Å²) >= 11 is 0.0353. The molecule has 0 amide bonds. The van der Waals surface area contributed by atoms with Gasteiger partial charge in [-0.15, -0.1) is 0 Å². The van der Waals surface area contributed by atoms with Crippen LogP contribution in [-0.2, 0) is 4.74 Å². The molecule has 0 fully saturated rings. The van der Waals surface area contributed by atoms with E-state index in [0.717, 1.165) is 11.3 Å². The van der Waals surface area contributed by atoms with Gasteiger partial charge in [0.05, 0.1) is 0 Å². The van der Waals surface area contributed by atoms with Crippen LogP contribution < -0.4 is 0 Å². The summed E-state index contributed by atoms with van der Waals surface area (Å²) in [6.07, 6.45) is 2.04. The maximum atomic E-state index is 8.45. The van der Waals surface area contributed by atoms with Crippen LogP contribution in [0.3, 0.4) is 0 Å². The van der Waals surface area contributed by atoms with Gasteiger partial charge in [-0.3, -0.25) is 0 Å². The van der Waals surface area contributed by atoms with Gasteiger partial charge in [0.25, 0.3) is 0 Å². The first-order valence-corrected chi connectivity index (χ1v) is 5.40. The molecule has 1 rings (SSSR count). The Bertz CT molecular complexity index is 204. The summed E-state index contributed by atoms with van der Waals surface area (Å²) in [5, 5.41) is 8.45. The van der Waals surface area contributed by atoms with Gasteiger partial charge in [0.1, 0.15) is 5.76 Å². The molecular weight excluding hydrogens is 243 g/mol. The van der Waals surface area contributed by atoms with Crippen LogP contribution in [0, 0.1) is 0 Å². The summed E-state index contributed by atoms with van der Waals surface area (Å²) in [6, 6.07) is 0. The van der Waals surface area contributed by atoms with E-state index < -0.39 is 0 Å². The Labute approximate surface area is 69.9 Å². The zero-order valence-corrected chi connectivity index (χ0v) is 7.83. The summed E-state index contributed by atoms with van der Waals surface area (Å²) in [4.78, 5) is 0. The average Bonchev–Trinajstić information content (AvgIpc) is 1.94. The molecule has 0 aromatic heterocycles. The van der Waals surface area contributed by atoms with Crippen LogP contribution in [0.25, 0.3) is 0 Å². The molecule has 0 bridgehead atoms. The van der Waals surface area contributed by atoms with Crippen molar-refractivity contribution in [1.82, 2.24) is 0 Å². The van der Waals surface area contributed by atoms with Gasteiger partial charge in [-0.2, -0.15) is 0 Å². The predicted molar refractivity (Wildman–Crippen MR) is 50.1 cm³/mol. The molecule has 0 spiro atoms. The smallest absolute Gasteiger partial charge is 0.186 e. The van der Waals surface area contributed by atoms with E-state index in [1.807, 2.05) is 13.0 Å². The Morgan fingerprint density at radius 1 is 1.70 bits per heavy atom. The molecule has 0 radical (unpaired) electrons. The fraction of sp³-hybridized carbons (Fsp3) is 0.286. The van der Waals surface area contributed by atoms with Gasteiger partial charge in [-0.05, 0) is 22.7 Å². The Balaban J connectivity index is 2.72. The zero-order chi connectivity index (χ0) is 7.40. The second-order valence-electron chi connectivity index (χ2n) is 1.85. The number of hydrogen-bond donors (Lipinski definition) is 1. The molecule has 0 atom stereocenters. The zero-order valence-electron chi connectivity index (χ0n) is 5.67. The third kappa shape index (κ3) is 1.91. The Morgan fingerprint density at radius 3 is 3.10 bits per heavy atom. The van der Waals surface area contributed by atoms with Crippen LogP contribution in [0.2, 0.25) is 0 Å². The van der Waals surface area contributed by atoms with Crippen molar-refractivity contribution in [2.24, 2.45) is 0 Å². The van der Waals surface area contributed by atoms with E-state index in [-0.39, 0.29) is 27.5 Å². The van der Waals surface area contributed by atoms with E-state index >= 15 is 0 Å². The largest absolute Gasteiger partial charge is 0.467 e. The Morgan fingerprint density at radius 2 is 2.50 bits per heavy atom. The second-order valence-corrected chi connectivity index (χ2v) is 3.91. The maximum Gasteiger partial charge on any atom is 0.186 e. The topological polar surface area (TPSA) is 29.5 Å². The summed E-state index contributed by atoms with van der Waals surface area (Å²) in [7, 11) is 0. The number of hydrogen-bond acceptors (Lipinski definition) is 2. The summed E-state index contributed by atoms with van der Waals surface area (Å²) in [5.41, 5.74) is 1.10. The van der Waals surface area contributed by atoms with Crippen molar-refractivity contribution >= 4 is 24.7 Å². The molecule has 1 aliphatic rings. The normalized spacial score (nSPS) is 17.0. The Hall–Kier alpha value is -0.160. The van der Waals surface area contributed by atoms with Crippen LogP contribution in [0.5, 0.6) is 0 Å². The molecule has 0 saturated carbocycles. The fourth-order valence-electron chi connectivity index (χ4n) is 0.608. The minimum atomic E-state index is -0.221. The van der Waals surface area contributed by atoms with Gasteiger partial charge in [0, 0.05) is 4.01 Å². The lowest BCUT2D eigenvalue weighted by Gasteiger charge is -2.06. The molecule has 3 heteroatoms. The van der Waals surface area contributed by atoms with Gasteiger partial charge in [0.15, 0.2) is 6.79 Å². The predicted octanol–water partition coefficient (Wildman–Crippen LogP) is 1.53. The molecule has 1 N–H and O–H groups in total. The average molecular weight is 252 g/mol. The van der Waals surface area contributed by atoms with Crippen molar-refractivity contribution in [2.45, 2.75) is 6.92 Å². The van der Waals surface area contributed by atoms with E-state index in [2.05, 4.69) is 8.09 Å². The third-order valence-electron chi connectivity index (χ3n) is 1.16. The summed E-state index contributed by atoms with van der Waals surface area (Å²) in [6.45, 7) is 1.75. The minimum absolute atomic E-state index is 0.0353. The van der Waals surface area contributed by atoms with Crippen molar-refractivity contribution in [2.75, 3.05) is 6.79 Å². The molecule has 0 saturated heterocycles. The summed E-state index contributed by atoms with van der Waals surface area (Å²) in [5.74, 6) is 0.845. The monoisotopic (exact) mass is 252 g/mol. The van der Waals surface area contributed by atoms with Crippen LogP contribution in [0.4, 0.5) is 0 Å². The first-order chi connectivity index (χ1) is 4.84. The van der Waals surface area contributed by atoms with Gasteiger partial charge in [-0.1, -0.05) is 20.7 Å². The molecule has 2 nitrogen and oxygen atoms in total.